The molecule has 0 spiro atoms. The van der Waals surface area contributed by atoms with E-state index in [-0.39, 0.29) is 48.1 Å². The topological polar surface area (TPSA) is 76.7 Å². The summed E-state index contributed by atoms with van der Waals surface area (Å²) in [5.74, 6) is -0.766. The number of carbonyl (C=O) groups excluding carboxylic acids is 1. The molecular weight excluding hydrogens is 247 g/mol. The molecule has 0 radical (unpaired) electrons. The summed E-state index contributed by atoms with van der Waals surface area (Å²) < 4.78 is 9.74. The number of phenolic OH excluding ortho intramolecular Hbond substituents is 1. The van der Waals surface area contributed by atoms with E-state index in [1.165, 1.54) is 25.1 Å². The zero-order valence-corrected chi connectivity index (χ0v) is 12.3. The average molecular weight is 258 g/mol. The van der Waals surface area contributed by atoms with Gasteiger partial charge in [-0.25, -0.2) is 4.79 Å². The molecule has 1 heterocycles. The summed E-state index contributed by atoms with van der Waals surface area (Å²) in [5.41, 5.74) is 0.458. The molecule has 1 N–H and O–H groups in total. The Morgan fingerprint density at radius 1 is 1.39 bits per heavy atom. The molecule has 90 valence electrons. The number of phenols is 1. The van der Waals surface area contributed by atoms with E-state index in [0.29, 0.717) is 10.9 Å². The first-order chi connectivity index (χ1) is 7.97. The van der Waals surface area contributed by atoms with Crippen molar-refractivity contribution in [3.8, 4) is 11.5 Å². The first-order valence-corrected chi connectivity index (χ1v) is 4.93. The van der Waals surface area contributed by atoms with Gasteiger partial charge in [0.1, 0.15) is 5.58 Å². The van der Waals surface area contributed by atoms with Gasteiger partial charge in [0.2, 0.25) is 0 Å². The van der Waals surface area contributed by atoms with E-state index in [2.05, 4.69) is 0 Å². The van der Waals surface area contributed by atoms with Gasteiger partial charge < -0.3 is 15.7 Å². The number of fused-ring (bicyclic) bond motifs is 1. The second-order valence-corrected chi connectivity index (χ2v) is 3.66. The minimum absolute atomic E-state index is 0. The number of esters is 1. The van der Waals surface area contributed by atoms with Crippen molar-refractivity contribution >= 4 is 16.9 Å². The summed E-state index contributed by atoms with van der Waals surface area (Å²) in [6.07, 6.45) is 0. The van der Waals surface area contributed by atoms with Gasteiger partial charge in [-0.15, -0.1) is 0 Å². The van der Waals surface area contributed by atoms with Crippen LogP contribution >= 0.6 is 0 Å². The Morgan fingerprint density at radius 3 is 2.67 bits per heavy atom. The van der Waals surface area contributed by atoms with Crippen molar-refractivity contribution in [1.29, 1.82) is 0 Å². The standard InChI is InChI=1S/C12H10O5.Na.H/c1-6-3-12(15)17-10-5-11(16-7(2)13)9(14)4-8(6)10;;/h3-5,14H,1-2H3;;/q;+1;-1. The number of ether oxygens (including phenoxy) is 1. The summed E-state index contributed by atoms with van der Waals surface area (Å²) in [6, 6.07) is 4.04. The molecule has 0 fully saturated rings. The average Bonchev–Trinajstić information content (AvgIpc) is 2.20. The maximum Gasteiger partial charge on any atom is 1.00 e. The van der Waals surface area contributed by atoms with E-state index in [0.717, 1.165) is 0 Å². The van der Waals surface area contributed by atoms with Crippen molar-refractivity contribution < 1.29 is 50.0 Å². The minimum Gasteiger partial charge on any atom is -1.00 e. The third-order valence-electron chi connectivity index (χ3n) is 2.28. The van der Waals surface area contributed by atoms with E-state index < -0.39 is 11.6 Å². The number of benzene rings is 1. The molecule has 0 aliphatic heterocycles. The second kappa shape index (κ2) is 5.56. The van der Waals surface area contributed by atoms with Crippen LogP contribution in [0.3, 0.4) is 0 Å². The Hall–Kier alpha value is -1.30. The Morgan fingerprint density at radius 2 is 2.06 bits per heavy atom. The number of carbonyl (C=O) groups is 1. The number of aryl methyl sites for hydroxylation is 1. The van der Waals surface area contributed by atoms with Gasteiger partial charge in [0.05, 0.1) is 0 Å². The SMILES string of the molecule is CC(=O)Oc1cc2oc(=O)cc(C)c2cc1O.[H-].[Na+]. The summed E-state index contributed by atoms with van der Waals surface area (Å²) in [6.45, 7) is 2.94. The van der Waals surface area contributed by atoms with E-state index >= 15 is 0 Å². The Balaban J connectivity index is 0.00000162. The predicted octanol–water partition coefficient (Wildman–Crippen LogP) is -1.15. The monoisotopic (exact) mass is 258 g/mol. The maximum absolute atomic E-state index is 11.2. The summed E-state index contributed by atoms with van der Waals surface area (Å²) in [5, 5.41) is 10.2. The van der Waals surface area contributed by atoms with Gasteiger partial charge in [0.25, 0.3) is 0 Å². The van der Waals surface area contributed by atoms with E-state index in [1.54, 1.807) is 6.92 Å². The number of rotatable bonds is 1. The molecular formula is C12H11NaO5. The first-order valence-electron chi connectivity index (χ1n) is 4.93. The van der Waals surface area contributed by atoms with E-state index in [9.17, 15) is 14.7 Å². The number of aromatic hydroxyl groups is 1. The molecule has 0 aliphatic carbocycles. The summed E-state index contributed by atoms with van der Waals surface area (Å²) in [7, 11) is 0. The van der Waals surface area contributed by atoms with Crippen LogP contribution in [-0.4, -0.2) is 11.1 Å². The van der Waals surface area contributed by atoms with Crippen LogP contribution < -0.4 is 39.9 Å². The van der Waals surface area contributed by atoms with Crippen LogP contribution in [0.1, 0.15) is 13.9 Å². The van der Waals surface area contributed by atoms with Crippen LogP contribution in [-0.2, 0) is 4.79 Å². The van der Waals surface area contributed by atoms with Crippen LogP contribution in [0.2, 0.25) is 0 Å². The predicted molar refractivity (Wildman–Crippen MR) is 61.3 cm³/mol. The second-order valence-electron chi connectivity index (χ2n) is 3.66. The third-order valence-corrected chi connectivity index (χ3v) is 2.28. The maximum atomic E-state index is 11.2. The quantitative estimate of drug-likeness (QED) is 0.302. The van der Waals surface area contributed by atoms with Crippen LogP contribution in [0, 0.1) is 6.92 Å². The van der Waals surface area contributed by atoms with Crippen molar-refractivity contribution in [2.24, 2.45) is 0 Å². The molecule has 0 aliphatic rings. The van der Waals surface area contributed by atoms with Gasteiger partial charge in [-0.3, -0.25) is 4.79 Å². The Labute approximate surface area is 126 Å². The van der Waals surface area contributed by atoms with Crippen LogP contribution in [0.25, 0.3) is 11.0 Å². The van der Waals surface area contributed by atoms with Crippen molar-refractivity contribution in [3.63, 3.8) is 0 Å². The smallest absolute Gasteiger partial charge is 1.00 e. The third kappa shape index (κ3) is 2.93. The summed E-state index contributed by atoms with van der Waals surface area (Å²) in [4.78, 5) is 22.0. The Bertz CT molecular complexity index is 665. The van der Waals surface area contributed by atoms with Crippen LogP contribution in [0.5, 0.6) is 11.5 Å². The molecule has 1 aromatic carbocycles. The van der Waals surface area contributed by atoms with E-state index in [1.807, 2.05) is 0 Å². The molecule has 0 bridgehead atoms. The minimum atomic E-state index is -0.561. The van der Waals surface area contributed by atoms with Crippen molar-refractivity contribution in [2.75, 3.05) is 0 Å². The van der Waals surface area contributed by atoms with Crippen molar-refractivity contribution in [1.82, 2.24) is 0 Å². The molecule has 0 amide bonds. The molecule has 2 rings (SSSR count). The molecule has 0 unspecified atom stereocenters. The van der Waals surface area contributed by atoms with Gasteiger partial charge in [0.15, 0.2) is 11.5 Å². The zero-order valence-electron chi connectivity index (χ0n) is 11.3. The normalized spacial score (nSPS) is 9.89. The first kappa shape index (κ1) is 14.8. The van der Waals surface area contributed by atoms with E-state index in [4.69, 9.17) is 9.15 Å². The fraction of sp³-hybridized carbons (Fsp3) is 0.167. The molecule has 0 atom stereocenters. The largest absolute Gasteiger partial charge is 1.00 e. The molecule has 18 heavy (non-hydrogen) atoms. The Kier molecular flexibility index (Phi) is 4.56. The number of hydrogen-bond donors (Lipinski definition) is 1. The van der Waals surface area contributed by atoms with Crippen molar-refractivity contribution in [3.05, 3.63) is 34.2 Å². The fourth-order valence-corrected chi connectivity index (χ4v) is 1.57. The van der Waals surface area contributed by atoms with Crippen molar-refractivity contribution in [2.45, 2.75) is 13.8 Å². The van der Waals surface area contributed by atoms with Gasteiger partial charge in [-0.05, 0) is 18.6 Å². The molecule has 2 aromatic rings. The van der Waals surface area contributed by atoms with Crippen LogP contribution in [0.4, 0.5) is 0 Å². The van der Waals surface area contributed by atoms with Gasteiger partial charge in [-0.1, -0.05) is 0 Å². The number of hydrogen-bond acceptors (Lipinski definition) is 5. The summed E-state index contributed by atoms with van der Waals surface area (Å²) >= 11 is 0. The van der Waals surface area contributed by atoms with Gasteiger partial charge in [0, 0.05) is 24.4 Å². The van der Waals surface area contributed by atoms with Crippen LogP contribution in [0.15, 0.2) is 27.4 Å². The fourth-order valence-electron chi connectivity index (χ4n) is 1.57. The molecule has 6 heteroatoms. The molecule has 0 saturated carbocycles. The van der Waals surface area contributed by atoms with Gasteiger partial charge in [-0.2, -0.15) is 0 Å². The molecule has 5 nitrogen and oxygen atoms in total. The molecule has 1 aromatic heterocycles. The zero-order chi connectivity index (χ0) is 12.6. The van der Waals surface area contributed by atoms with Gasteiger partial charge >= 0.3 is 41.2 Å². The molecule has 0 saturated heterocycles.